The molecule has 4 heteroatoms. The standard InChI is InChI=1S/C15H19N3O/c1-15(2,16)18-9-11-5-4-10-6-7-12(19-3)8-13(10)14(11)17-18/h6-9H,4-5,16H2,1-3H3. The van der Waals surface area contributed by atoms with E-state index in [0.717, 1.165) is 24.3 Å². The first-order chi connectivity index (χ1) is 8.99. The van der Waals surface area contributed by atoms with Crippen molar-refractivity contribution in [3.05, 3.63) is 35.5 Å². The Bertz CT molecular complexity index is 623. The summed E-state index contributed by atoms with van der Waals surface area (Å²) in [7, 11) is 1.69. The smallest absolute Gasteiger partial charge is 0.119 e. The fraction of sp³-hybridized carbons (Fsp3) is 0.400. The number of benzene rings is 1. The van der Waals surface area contributed by atoms with Crippen LogP contribution in [-0.2, 0) is 18.5 Å². The highest BCUT2D eigenvalue weighted by Gasteiger charge is 2.23. The molecule has 1 heterocycles. The zero-order chi connectivity index (χ0) is 13.6. The van der Waals surface area contributed by atoms with Crippen molar-refractivity contribution >= 4 is 0 Å². The highest BCUT2D eigenvalue weighted by molar-refractivity contribution is 5.70. The molecule has 0 saturated carbocycles. The summed E-state index contributed by atoms with van der Waals surface area (Å²) in [6.07, 6.45) is 4.13. The van der Waals surface area contributed by atoms with Gasteiger partial charge in [-0.1, -0.05) is 6.07 Å². The van der Waals surface area contributed by atoms with E-state index in [2.05, 4.69) is 23.4 Å². The lowest BCUT2D eigenvalue weighted by Gasteiger charge is -2.19. The lowest BCUT2D eigenvalue weighted by Crippen LogP contribution is -2.36. The second-order valence-electron chi connectivity index (χ2n) is 5.62. The second-order valence-corrected chi connectivity index (χ2v) is 5.62. The Morgan fingerprint density at radius 2 is 2.00 bits per heavy atom. The zero-order valence-corrected chi connectivity index (χ0v) is 11.6. The highest BCUT2D eigenvalue weighted by atomic mass is 16.5. The van der Waals surface area contributed by atoms with Gasteiger partial charge >= 0.3 is 0 Å². The Hall–Kier alpha value is -1.81. The van der Waals surface area contributed by atoms with Crippen LogP contribution in [0.3, 0.4) is 0 Å². The Labute approximate surface area is 113 Å². The summed E-state index contributed by atoms with van der Waals surface area (Å²) in [6, 6.07) is 6.20. The van der Waals surface area contributed by atoms with E-state index >= 15 is 0 Å². The first kappa shape index (κ1) is 12.2. The SMILES string of the molecule is COc1ccc2c(c1)-c1nn(C(C)(C)N)cc1CC2. The Morgan fingerprint density at radius 1 is 1.26 bits per heavy atom. The van der Waals surface area contributed by atoms with Gasteiger partial charge in [-0.15, -0.1) is 0 Å². The van der Waals surface area contributed by atoms with E-state index in [-0.39, 0.29) is 0 Å². The van der Waals surface area contributed by atoms with Crippen LogP contribution in [0, 0.1) is 0 Å². The van der Waals surface area contributed by atoms with E-state index < -0.39 is 5.66 Å². The molecule has 1 aliphatic rings. The van der Waals surface area contributed by atoms with Gasteiger partial charge < -0.3 is 10.5 Å². The molecule has 19 heavy (non-hydrogen) atoms. The van der Waals surface area contributed by atoms with E-state index in [1.54, 1.807) is 7.11 Å². The molecule has 0 unspecified atom stereocenters. The Balaban J connectivity index is 2.15. The number of aryl methyl sites for hydroxylation is 2. The normalized spacial score (nSPS) is 13.9. The quantitative estimate of drug-likeness (QED) is 0.898. The molecule has 0 bridgehead atoms. The molecule has 2 aromatic rings. The Morgan fingerprint density at radius 3 is 2.68 bits per heavy atom. The van der Waals surface area contributed by atoms with Crippen LogP contribution in [0.4, 0.5) is 0 Å². The highest BCUT2D eigenvalue weighted by Crippen LogP contribution is 2.35. The first-order valence-electron chi connectivity index (χ1n) is 6.54. The fourth-order valence-corrected chi connectivity index (χ4v) is 2.50. The van der Waals surface area contributed by atoms with Crippen molar-refractivity contribution in [3.8, 4) is 17.0 Å². The molecule has 1 aromatic carbocycles. The third-order valence-electron chi connectivity index (χ3n) is 3.62. The summed E-state index contributed by atoms with van der Waals surface area (Å²) in [6.45, 7) is 3.91. The predicted molar refractivity (Wildman–Crippen MR) is 75.1 cm³/mol. The molecule has 3 rings (SSSR count). The van der Waals surface area contributed by atoms with Crippen LogP contribution in [0.15, 0.2) is 24.4 Å². The predicted octanol–water partition coefficient (Wildman–Crippen LogP) is 2.31. The maximum absolute atomic E-state index is 6.12. The van der Waals surface area contributed by atoms with Gasteiger partial charge in [0.15, 0.2) is 0 Å². The number of rotatable bonds is 2. The van der Waals surface area contributed by atoms with Crippen LogP contribution >= 0.6 is 0 Å². The van der Waals surface area contributed by atoms with Crippen LogP contribution in [0.1, 0.15) is 25.0 Å². The van der Waals surface area contributed by atoms with E-state index in [4.69, 9.17) is 10.5 Å². The first-order valence-corrected chi connectivity index (χ1v) is 6.54. The fourth-order valence-electron chi connectivity index (χ4n) is 2.50. The van der Waals surface area contributed by atoms with Crippen LogP contribution < -0.4 is 10.5 Å². The molecule has 0 spiro atoms. The molecule has 1 aromatic heterocycles. The molecule has 1 aliphatic carbocycles. The number of aromatic nitrogens is 2. The van der Waals surface area contributed by atoms with E-state index in [1.807, 2.05) is 24.6 Å². The van der Waals surface area contributed by atoms with Crippen molar-refractivity contribution < 1.29 is 4.74 Å². The van der Waals surface area contributed by atoms with Crippen molar-refractivity contribution in [2.24, 2.45) is 5.73 Å². The average molecular weight is 257 g/mol. The summed E-state index contributed by atoms with van der Waals surface area (Å²) in [5, 5.41) is 4.67. The molecule has 100 valence electrons. The van der Waals surface area contributed by atoms with Crippen molar-refractivity contribution in [3.63, 3.8) is 0 Å². The van der Waals surface area contributed by atoms with Gasteiger partial charge in [0.2, 0.25) is 0 Å². The van der Waals surface area contributed by atoms with Gasteiger partial charge in [-0.2, -0.15) is 5.10 Å². The van der Waals surface area contributed by atoms with Crippen molar-refractivity contribution in [1.29, 1.82) is 0 Å². The topological polar surface area (TPSA) is 53.1 Å². The van der Waals surface area contributed by atoms with Gasteiger partial charge in [-0.3, -0.25) is 4.68 Å². The maximum atomic E-state index is 6.12. The number of nitrogens with zero attached hydrogens (tertiary/aromatic N) is 2. The van der Waals surface area contributed by atoms with Gasteiger partial charge in [-0.05, 0) is 49.9 Å². The average Bonchev–Trinajstić information content (AvgIpc) is 2.82. The molecule has 0 atom stereocenters. The van der Waals surface area contributed by atoms with Gasteiger partial charge in [0.25, 0.3) is 0 Å². The molecule has 0 fully saturated rings. The third kappa shape index (κ3) is 2.02. The molecular weight excluding hydrogens is 238 g/mol. The minimum Gasteiger partial charge on any atom is -0.497 e. The number of hydrogen-bond acceptors (Lipinski definition) is 3. The van der Waals surface area contributed by atoms with Gasteiger partial charge in [0.1, 0.15) is 11.4 Å². The summed E-state index contributed by atoms with van der Waals surface area (Å²) in [4.78, 5) is 0. The van der Waals surface area contributed by atoms with Gasteiger partial charge in [0, 0.05) is 11.8 Å². The van der Waals surface area contributed by atoms with E-state index in [9.17, 15) is 0 Å². The molecule has 0 aliphatic heterocycles. The summed E-state index contributed by atoms with van der Waals surface area (Å²) in [5.74, 6) is 0.869. The monoisotopic (exact) mass is 257 g/mol. The van der Waals surface area contributed by atoms with Crippen LogP contribution in [0.25, 0.3) is 11.3 Å². The summed E-state index contributed by atoms with van der Waals surface area (Å²) >= 11 is 0. The minimum absolute atomic E-state index is 0.476. The van der Waals surface area contributed by atoms with E-state index in [0.29, 0.717) is 0 Å². The van der Waals surface area contributed by atoms with Crippen LogP contribution in [-0.4, -0.2) is 16.9 Å². The molecule has 0 radical (unpaired) electrons. The number of ether oxygens (including phenoxy) is 1. The van der Waals surface area contributed by atoms with Crippen molar-refractivity contribution in [2.45, 2.75) is 32.4 Å². The largest absolute Gasteiger partial charge is 0.497 e. The third-order valence-corrected chi connectivity index (χ3v) is 3.62. The van der Waals surface area contributed by atoms with Crippen LogP contribution in [0.2, 0.25) is 0 Å². The van der Waals surface area contributed by atoms with Gasteiger partial charge in [0.05, 0.1) is 12.8 Å². The van der Waals surface area contributed by atoms with Crippen molar-refractivity contribution in [1.82, 2.24) is 9.78 Å². The zero-order valence-electron chi connectivity index (χ0n) is 11.6. The second kappa shape index (κ2) is 4.10. The lowest BCUT2D eigenvalue weighted by atomic mass is 9.90. The molecule has 4 nitrogen and oxygen atoms in total. The number of hydrogen-bond donors (Lipinski definition) is 1. The summed E-state index contributed by atoms with van der Waals surface area (Å²) in [5.41, 5.74) is 10.4. The summed E-state index contributed by atoms with van der Waals surface area (Å²) < 4.78 is 7.16. The molecule has 0 amide bonds. The Kier molecular flexibility index (Phi) is 2.64. The minimum atomic E-state index is -0.476. The molecule has 2 N–H and O–H groups in total. The number of methoxy groups -OCH3 is 1. The van der Waals surface area contributed by atoms with Crippen molar-refractivity contribution in [2.75, 3.05) is 7.11 Å². The molecular formula is C15H19N3O. The lowest BCUT2D eigenvalue weighted by molar-refractivity contribution is 0.333. The van der Waals surface area contributed by atoms with E-state index in [1.165, 1.54) is 16.7 Å². The van der Waals surface area contributed by atoms with Crippen LogP contribution in [0.5, 0.6) is 5.75 Å². The molecule has 0 saturated heterocycles. The number of fused-ring (bicyclic) bond motifs is 3. The number of nitrogens with two attached hydrogens (primary N) is 1. The maximum Gasteiger partial charge on any atom is 0.119 e. The van der Waals surface area contributed by atoms with Gasteiger partial charge in [-0.25, -0.2) is 0 Å².